The third-order valence-electron chi connectivity index (χ3n) is 5.56. The lowest BCUT2D eigenvalue weighted by molar-refractivity contribution is 0.441. The molecule has 0 unspecified atom stereocenters. The molecule has 0 amide bonds. The van der Waals surface area contributed by atoms with E-state index >= 15 is 0 Å². The fourth-order valence-electron chi connectivity index (χ4n) is 4.04. The van der Waals surface area contributed by atoms with Crippen molar-refractivity contribution in [3.05, 3.63) is 6.07 Å². The minimum absolute atomic E-state index is 0.534. The molecule has 2 N–H and O–H groups in total. The Morgan fingerprint density at radius 2 is 1.61 bits per heavy atom. The molecule has 7 heteroatoms. The fraction of sp³-hybridized carbons (Fsp3) is 0.762. The fourth-order valence-corrected chi connectivity index (χ4v) is 4.21. The SMILES string of the molecule is CC(C)CNC(=S)Nc1nc(N2CCC[C@@H](C)C2)cc(N2CCC[C@H](C)C2)n1. The molecule has 0 saturated carbocycles. The van der Waals surface area contributed by atoms with Gasteiger partial charge in [0, 0.05) is 38.8 Å². The lowest BCUT2D eigenvalue weighted by atomic mass is 10.00. The van der Waals surface area contributed by atoms with Crippen molar-refractivity contribution in [2.45, 2.75) is 53.4 Å². The van der Waals surface area contributed by atoms with Crippen molar-refractivity contribution in [3.63, 3.8) is 0 Å². The summed E-state index contributed by atoms with van der Waals surface area (Å²) in [7, 11) is 0. The van der Waals surface area contributed by atoms with Crippen LogP contribution in [0, 0.1) is 17.8 Å². The average molecular weight is 405 g/mol. The zero-order valence-electron chi connectivity index (χ0n) is 17.9. The van der Waals surface area contributed by atoms with Crippen LogP contribution in [0.3, 0.4) is 0 Å². The zero-order valence-corrected chi connectivity index (χ0v) is 18.7. The Balaban J connectivity index is 1.81. The van der Waals surface area contributed by atoms with Gasteiger partial charge in [-0.05, 0) is 55.7 Å². The topological polar surface area (TPSA) is 56.3 Å². The van der Waals surface area contributed by atoms with Crippen molar-refractivity contribution < 1.29 is 0 Å². The van der Waals surface area contributed by atoms with Crippen LogP contribution in [0.2, 0.25) is 0 Å². The monoisotopic (exact) mass is 404 g/mol. The molecule has 2 fully saturated rings. The lowest BCUT2D eigenvalue weighted by Gasteiger charge is -2.35. The molecular formula is C21H36N6S. The van der Waals surface area contributed by atoms with Crippen LogP contribution in [0.1, 0.15) is 53.4 Å². The predicted molar refractivity (Wildman–Crippen MR) is 122 cm³/mol. The summed E-state index contributed by atoms with van der Waals surface area (Å²) in [5.74, 6) is 4.57. The molecule has 156 valence electrons. The molecule has 2 atom stereocenters. The van der Waals surface area contributed by atoms with Crippen molar-refractivity contribution in [2.75, 3.05) is 47.8 Å². The lowest BCUT2D eigenvalue weighted by Crippen LogP contribution is -2.38. The van der Waals surface area contributed by atoms with E-state index in [2.05, 4.69) is 54.2 Å². The molecule has 2 aliphatic heterocycles. The van der Waals surface area contributed by atoms with Gasteiger partial charge in [0.25, 0.3) is 0 Å². The quantitative estimate of drug-likeness (QED) is 0.722. The molecule has 0 bridgehead atoms. The highest BCUT2D eigenvalue weighted by Crippen LogP contribution is 2.28. The molecule has 28 heavy (non-hydrogen) atoms. The minimum atomic E-state index is 0.534. The van der Waals surface area contributed by atoms with Gasteiger partial charge in [-0.1, -0.05) is 27.7 Å². The molecule has 0 radical (unpaired) electrons. The molecule has 1 aromatic rings. The predicted octanol–water partition coefficient (Wildman–Crippen LogP) is 3.89. The van der Waals surface area contributed by atoms with Gasteiger partial charge in [0.05, 0.1) is 0 Å². The second-order valence-corrected chi connectivity index (χ2v) is 9.43. The first-order valence-corrected chi connectivity index (χ1v) is 11.3. The second-order valence-electron chi connectivity index (χ2n) is 9.02. The largest absolute Gasteiger partial charge is 0.362 e. The summed E-state index contributed by atoms with van der Waals surface area (Å²) >= 11 is 5.46. The Morgan fingerprint density at radius 3 is 2.07 bits per heavy atom. The summed E-state index contributed by atoms with van der Waals surface area (Å²) in [6, 6.07) is 2.17. The minimum Gasteiger partial charge on any atom is -0.362 e. The standard InChI is InChI=1S/C21H36N6S/c1-15(2)12-22-21(28)25-20-23-18(26-9-5-7-16(3)13-26)11-19(24-20)27-10-6-8-17(4)14-27/h11,15-17H,5-10,12-14H2,1-4H3,(H2,22,23,24,25,28)/t16-,17+. The Bertz CT molecular complexity index is 624. The molecule has 6 nitrogen and oxygen atoms in total. The second kappa shape index (κ2) is 9.72. The van der Waals surface area contributed by atoms with E-state index in [1.807, 2.05) is 0 Å². The number of hydrogen-bond donors (Lipinski definition) is 2. The van der Waals surface area contributed by atoms with Crippen molar-refractivity contribution in [1.29, 1.82) is 0 Å². The third-order valence-corrected chi connectivity index (χ3v) is 5.80. The van der Waals surface area contributed by atoms with Gasteiger partial charge in [-0.15, -0.1) is 0 Å². The molecular weight excluding hydrogens is 368 g/mol. The zero-order chi connectivity index (χ0) is 20.1. The summed E-state index contributed by atoms with van der Waals surface area (Å²) in [5.41, 5.74) is 0. The molecule has 3 rings (SSSR count). The van der Waals surface area contributed by atoms with E-state index in [4.69, 9.17) is 22.2 Å². The first-order chi connectivity index (χ1) is 13.4. The van der Waals surface area contributed by atoms with Gasteiger partial charge >= 0.3 is 0 Å². The van der Waals surface area contributed by atoms with E-state index in [1.165, 1.54) is 25.7 Å². The third kappa shape index (κ3) is 5.93. The number of hydrogen-bond acceptors (Lipinski definition) is 5. The van der Waals surface area contributed by atoms with Gasteiger partial charge in [-0.25, -0.2) is 0 Å². The first-order valence-electron chi connectivity index (χ1n) is 10.8. The van der Waals surface area contributed by atoms with Crippen molar-refractivity contribution in [2.24, 2.45) is 17.8 Å². The maximum absolute atomic E-state index is 5.46. The Kier molecular flexibility index (Phi) is 7.32. The first kappa shape index (κ1) is 21.1. The van der Waals surface area contributed by atoms with Crippen LogP contribution < -0.4 is 20.4 Å². The van der Waals surface area contributed by atoms with Gasteiger partial charge < -0.3 is 20.4 Å². The smallest absolute Gasteiger partial charge is 0.232 e. The summed E-state index contributed by atoms with van der Waals surface area (Å²) in [4.78, 5) is 14.5. The summed E-state index contributed by atoms with van der Waals surface area (Å²) in [5, 5.41) is 7.07. The van der Waals surface area contributed by atoms with Gasteiger partial charge in [0.15, 0.2) is 5.11 Å². The highest BCUT2D eigenvalue weighted by molar-refractivity contribution is 7.80. The van der Waals surface area contributed by atoms with E-state index in [0.29, 0.717) is 28.8 Å². The van der Waals surface area contributed by atoms with Crippen LogP contribution in [0.25, 0.3) is 0 Å². The van der Waals surface area contributed by atoms with E-state index in [-0.39, 0.29) is 0 Å². The summed E-state index contributed by atoms with van der Waals surface area (Å²) in [6.07, 6.45) is 5.04. The molecule has 2 aliphatic rings. The van der Waals surface area contributed by atoms with Gasteiger partial charge in [-0.3, -0.25) is 0 Å². The molecule has 3 heterocycles. The van der Waals surface area contributed by atoms with E-state index in [1.54, 1.807) is 0 Å². The van der Waals surface area contributed by atoms with Crippen LogP contribution in [0.15, 0.2) is 6.07 Å². The number of rotatable bonds is 5. The van der Waals surface area contributed by atoms with Gasteiger partial charge in [0.2, 0.25) is 5.95 Å². The molecule has 0 spiro atoms. The van der Waals surface area contributed by atoms with Crippen molar-refractivity contribution in [3.8, 4) is 0 Å². The number of nitrogens with one attached hydrogen (secondary N) is 2. The van der Waals surface area contributed by atoms with Crippen LogP contribution in [-0.4, -0.2) is 47.8 Å². The number of nitrogens with zero attached hydrogens (tertiary/aromatic N) is 4. The average Bonchev–Trinajstić information content (AvgIpc) is 2.66. The van der Waals surface area contributed by atoms with Crippen molar-refractivity contribution >= 4 is 34.9 Å². The number of aromatic nitrogens is 2. The molecule has 0 aliphatic carbocycles. The summed E-state index contributed by atoms with van der Waals surface area (Å²) < 4.78 is 0. The molecule has 0 aromatic carbocycles. The van der Waals surface area contributed by atoms with E-state index in [0.717, 1.165) is 44.4 Å². The highest BCUT2D eigenvalue weighted by atomic mass is 32.1. The summed E-state index contributed by atoms with van der Waals surface area (Å²) in [6.45, 7) is 14.1. The van der Waals surface area contributed by atoms with Crippen LogP contribution in [0.4, 0.5) is 17.6 Å². The van der Waals surface area contributed by atoms with Crippen LogP contribution in [-0.2, 0) is 0 Å². The number of thiocarbonyl (C=S) groups is 1. The van der Waals surface area contributed by atoms with E-state index in [9.17, 15) is 0 Å². The maximum atomic E-state index is 5.46. The van der Waals surface area contributed by atoms with Gasteiger partial charge in [0.1, 0.15) is 11.6 Å². The number of piperidine rings is 2. The van der Waals surface area contributed by atoms with E-state index < -0.39 is 0 Å². The molecule has 1 aromatic heterocycles. The van der Waals surface area contributed by atoms with Crippen LogP contribution in [0.5, 0.6) is 0 Å². The van der Waals surface area contributed by atoms with Crippen LogP contribution >= 0.6 is 12.2 Å². The Labute approximate surface area is 175 Å². The van der Waals surface area contributed by atoms with Crippen molar-refractivity contribution in [1.82, 2.24) is 15.3 Å². The molecule has 2 saturated heterocycles. The Morgan fingerprint density at radius 1 is 1.07 bits per heavy atom. The number of anilines is 3. The highest BCUT2D eigenvalue weighted by Gasteiger charge is 2.23. The Hall–Kier alpha value is -1.63. The normalized spacial score (nSPS) is 23.0. The maximum Gasteiger partial charge on any atom is 0.232 e. The van der Waals surface area contributed by atoms with Gasteiger partial charge in [-0.2, -0.15) is 9.97 Å².